The van der Waals surface area contributed by atoms with E-state index >= 15 is 0 Å². The average molecular weight is 342 g/mol. The molecule has 4 nitrogen and oxygen atoms in total. The largest absolute Gasteiger partial charge is 0.496 e. The number of halogens is 1. The number of nitrogens with one attached hydrogen (secondary N) is 1. The zero-order chi connectivity index (χ0) is 17.1. The first-order valence-corrected chi connectivity index (χ1v) is 7.72. The number of carbonyl (C=O) groups is 1. The minimum atomic E-state index is -0.213. The molecule has 3 aromatic carbocycles. The van der Waals surface area contributed by atoms with E-state index in [1.54, 1.807) is 44.6 Å². The number of rotatable bonds is 4. The number of amides is 1. The van der Waals surface area contributed by atoms with E-state index in [9.17, 15) is 4.79 Å². The van der Waals surface area contributed by atoms with Crippen LogP contribution in [-0.2, 0) is 0 Å². The predicted octanol–water partition coefficient (Wildman–Crippen LogP) is 4.76. The fourth-order valence-electron chi connectivity index (χ4n) is 2.59. The summed E-state index contributed by atoms with van der Waals surface area (Å²) < 4.78 is 10.5. The lowest BCUT2D eigenvalue weighted by Crippen LogP contribution is -2.12. The molecule has 0 heterocycles. The van der Waals surface area contributed by atoms with Crippen molar-refractivity contribution >= 4 is 34.0 Å². The van der Waals surface area contributed by atoms with E-state index < -0.39 is 0 Å². The molecule has 0 aliphatic rings. The Morgan fingerprint density at radius 3 is 2.25 bits per heavy atom. The van der Waals surface area contributed by atoms with Gasteiger partial charge in [-0.2, -0.15) is 0 Å². The Morgan fingerprint density at radius 2 is 1.58 bits per heavy atom. The first-order chi connectivity index (χ1) is 11.6. The fourth-order valence-corrected chi connectivity index (χ4v) is 2.85. The number of hydrogen-bond acceptors (Lipinski definition) is 3. The summed E-state index contributed by atoms with van der Waals surface area (Å²) in [5.41, 5.74) is 1.17. The summed E-state index contributed by atoms with van der Waals surface area (Å²) in [6.45, 7) is 0. The second-order valence-electron chi connectivity index (χ2n) is 5.16. The smallest absolute Gasteiger partial charge is 0.256 e. The minimum absolute atomic E-state index is 0.213. The van der Waals surface area contributed by atoms with E-state index in [2.05, 4.69) is 5.32 Å². The number of hydrogen-bond donors (Lipinski definition) is 1. The van der Waals surface area contributed by atoms with Gasteiger partial charge in [0.05, 0.1) is 19.2 Å². The van der Waals surface area contributed by atoms with Gasteiger partial charge in [0.1, 0.15) is 11.5 Å². The SMILES string of the molecule is COc1ccc(NC(=O)c2ccc(OC)c3ccccc23)cc1Cl. The van der Waals surface area contributed by atoms with Crippen LogP contribution < -0.4 is 14.8 Å². The average Bonchev–Trinajstić information content (AvgIpc) is 2.60. The zero-order valence-corrected chi connectivity index (χ0v) is 14.1. The molecule has 0 aromatic heterocycles. The van der Waals surface area contributed by atoms with Crippen LogP contribution in [0.5, 0.6) is 11.5 Å². The van der Waals surface area contributed by atoms with Gasteiger partial charge in [0, 0.05) is 16.6 Å². The molecule has 3 rings (SSSR count). The Labute approximate surface area is 145 Å². The fraction of sp³-hybridized carbons (Fsp3) is 0.105. The second kappa shape index (κ2) is 6.81. The van der Waals surface area contributed by atoms with E-state index in [0.717, 1.165) is 16.5 Å². The standard InChI is InChI=1S/C19H16ClNO3/c1-23-17-10-8-15(13-5-3-4-6-14(13)17)19(22)21-12-7-9-18(24-2)16(20)11-12/h3-11H,1-2H3,(H,21,22). The van der Waals surface area contributed by atoms with E-state index in [1.807, 2.05) is 24.3 Å². The maximum Gasteiger partial charge on any atom is 0.256 e. The Bertz CT molecular complexity index is 908. The molecule has 0 radical (unpaired) electrons. The number of fused-ring (bicyclic) bond motifs is 1. The molecule has 0 atom stereocenters. The van der Waals surface area contributed by atoms with Crippen LogP contribution in [0, 0.1) is 0 Å². The highest BCUT2D eigenvalue weighted by Gasteiger charge is 2.13. The van der Waals surface area contributed by atoms with E-state index in [0.29, 0.717) is 22.0 Å². The van der Waals surface area contributed by atoms with Gasteiger partial charge in [-0.25, -0.2) is 0 Å². The van der Waals surface area contributed by atoms with Gasteiger partial charge in [-0.15, -0.1) is 0 Å². The molecule has 5 heteroatoms. The summed E-state index contributed by atoms with van der Waals surface area (Å²) in [5.74, 6) is 1.08. The van der Waals surface area contributed by atoms with Crippen molar-refractivity contribution in [3.8, 4) is 11.5 Å². The van der Waals surface area contributed by atoms with Gasteiger partial charge in [-0.1, -0.05) is 35.9 Å². The summed E-state index contributed by atoms with van der Waals surface area (Å²) in [4.78, 5) is 12.7. The van der Waals surface area contributed by atoms with E-state index in [-0.39, 0.29) is 5.91 Å². The van der Waals surface area contributed by atoms with Gasteiger partial charge in [-0.3, -0.25) is 4.79 Å². The highest BCUT2D eigenvalue weighted by atomic mass is 35.5. The Balaban J connectivity index is 1.96. The first-order valence-electron chi connectivity index (χ1n) is 7.34. The Hall–Kier alpha value is -2.72. The van der Waals surface area contributed by atoms with Gasteiger partial charge in [-0.05, 0) is 35.7 Å². The third kappa shape index (κ3) is 3.01. The van der Waals surface area contributed by atoms with Gasteiger partial charge < -0.3 is 14.8 Å². The molecule has 0 aliphatic carbocycles. The maximum atomic E-state index is 12.7. The van der Waals surface area contributed by atoms with Gasteiger partial charge >= 0.3 is 0 Å². The molecule has 1 amide bonds. The third-order valence-corrected chi connectivity index (χ3v) is 4.05. The van der Waals surface area contributed by atoms with Crippen LogP contribution in [0.1, 0.15) is 10.4 Å². The maximum absolute atomic E-state index is 12.7. The number of carbonyl (C=O) groups excluding carboxylic acids is 1. The van der Waals surface area contributed by atoms with Gasteiger partial charge in [0.25, 0.3) is 5.91 Å². The molecular formula is C19H16ClNO3. The molecule has 24 heavy (non-hydrogen) atoms. The van der Waals surface area contributed by atoms with Crippen LogP contribution in [-0.4, -0.2) is 20.1 Å². The van der Waals surface area contributed by atoms with Crippen LogP contribution in [0.3, 0.4) is 0 Å². The normalized spacial score (nSPS) is 10.5. The van der Waals surface area contributed by atoms with Crippen LogP contribution in [0.2, 0.25) is 5.02 Å². The molecule has 1 N–H and O–H groups in total. The monoisotopic (exact) mass is 341 g/mol. The molecule has 0 fully saturated rings. The molecule has 0 saturated carbocycles. The zero-order valence-electron chi connectivity index (χ0n) is 13.3. The third-order valence-electron chi connectivity index (χ3n) is 3.76. The van der Waals surface area contributed by atoms with Crippen molar-refractivity contribution in [1.82, 2.24) is 0 Å². The van der Waals surface area contributed by atoms with Crippen LogP contribution in [0.25, 0.3) is 10.8 Å². The lowest BCUT2D eigenvalue weighted by atomic mass is 10.0. The van der Waals surface area contributed by atoms with Crippen molar-refractivity contribution in [2.75, 3.05) is 19.5 Å². The van der Waals surface area contributed by atoms with E-state index in [1.165, 1.54) is 0 Å². The molecular weight excluding hydrogens is 326 g/mol. The van der Waals surface area contributed by atoms with E-state index in [4.69, 9.17) is 21.1 Å². The molecule has 122 valence electrons. The molecule has 0 spiro atoms. The topological polar surface area (TPSA) is 47.6 Å². The molecule has 3 aromatic rings. The quantitative estimate of drug-likeness (QED) is 0.744. The van der Waals surface area contributed by atoms with Crippen LogP contribution in [0.4, 0.5) is 5.69 Å². The summed E-state index contributed by atoms with van der Waals surface area (Å²) >= 11 is 6.10. The van der Waals surface area contributed by atoms with Crippen molar-refractivity contribution in [2.45, 2.75) is 0 Å². The summed E-state index contributed by atoms with van der Waals surface area (Å²) in [6, 6.07) is 16.3. The van der Waals surface area contributed by atoms with Crippen LogP contribution in [0.15, 0.2) is 54.6 Å². The van der Waals surface area contributed by atoms with Gasteiger partial charge in [0.2, 0.25) is 0 Å². The second-order valence-corrected chi connectivity index (χ2v) is 5.57. The van der Waals surface area contributed by atoms with Crippen LogP contribution >= 0.6 is 11.6 Å². The van der Waals surface area contributed by atoms with Crippen molar-refractivity contribution in [3.63, 3.8) is 0 Å². The molecule has 0 saturated heterocycles. The molecule has 0 aliphatic heterocycles. The van der Waals surface area contributed by atoms with Crippen molar-refractivity contribution < 1.29 is 14.3 Å². The number of ether oxygens (including phenoxy) is 2. The summed E-state index contributed by atoms with van der Waals surface area (Å²) in [7, 11) is 3.16. The first kappa shape index (κ1) is 16.1. The summed E-state index contributed by atoms with van der Waals surface area (Å²) in [5, 5.41) is 5.02. The Kier molecular flexibility index (Phi) is 4.58. The van der Waals surface area contributed by atoms with Crippen molar-refractivity contribution in [1.29, 1.82) is 0 Å². The lowest BCUT2D eigenvalue weighted by molar-refractivity contribution is 0.102. The molecule has 0 bridgehead atoms. The number of benzene rings is 3. The Morgan fingerprint density at radius 1 is 0.917 bits per heavy atom. The van der Waals surface area contributed by atoms with Crippen molar-refractivity contribution in [2.24, 2.45) is 0 Å². The minimum Gasteiger partial charge on any atom is -0.496 e. The highest BCUT2D eigenvalue weighted by Crippen LogP contribution is 2.30. The molecule has 0 unspecified atom stereocenters. The number of anilines is 1. The predicted molar refractivity (Wildman–Crippen MR) is 96.5 cm³/mol. The summed E-state index contributed by atoms with van der Waals surface area (Å²) in [6.07, 6.45) is 0. The van der Waals surface area contributed by atoms with Gasteiger partial charge in [0.15, 0.2) is 0 Å². The highest BCUT2D eigenvalue weighted by molar-refractivity contribution is 6.32. The lowest BCUT2D eigenvalue weighted by Gasteiger charge is -2.12. The van der Waals surface area contributed by atoms with Crippen molar-refractivity contribution in [3.05, 3.63) is 65.2 Å². The number of methoxy groups -OCH3 is 2.